The zero-order valence-corrected chi connectivity index (χ0v) is 11.3. The Labute approximate surface area is 99.5 Å². The number of esters is 1. The first-order valence-corrected chi connectivity index (χ1v) is 6.02. The molecular weight excluding hydrogens is 204 g/mol. The molecule has 0 aliphatic heterocycles. The minimum absolute atomic E-state index is 0.0204. The van der Waals surface area contributed by atoms with Gasteiger partial charge in [0.25, 0.3) is 0 Å². The van der Waals surface area contributed by atoms with E-state index in [0.29, 0.717) is 6.54 Å². The Morgan fingerprint density at radius 2 is 1.88 bits per heavy atom. The average molecular weight is 230 g/mol. The molecule has 0 N–H and O–H groups in total. The van der Waals surface area contributed by atoms with Crippen LogP contribution in [0.2, 0.25) is 0 Å². The van der Waals surface area contributed by atoms with Gasteiger partial charge in [0.05, 0.1) is 12.6 Å². The molecule has 0 saturated heterocycles. The Bertz CT molecular complexity index is 193. The lowest BCUT2D eigenvalue weighted by Gasteiger charge is -2.21. The van der Waals surface area contributed by atoms with Gasteiger partial charge in [0.1, 0.15) is 0 Å². The van der Waals surface area contributed by atoms with E-state index in [4.69, 9.17) is 4.74 Å². The number of carbonyl (C=O) groups is 1. The third-order valence-corrected chi connectivity index (χ3v) is 2.25. The van der Waals surface area contributed by atoms with E-state index in [9.17, 15) is 4.79 Å². The van der Waals surface area contributed by atoms with Crippen molar-refractivity contribution in [1.29, 1.82) is 0 Å². The fraction of sp³-hybridized carbons (Fsp3) is 0.917. The van der Waals surface area contributed by atoms with Crippen molar-refractivity contribution < 1.29 is 9.53 Å². The van der Waals surface area contributed by atoms with E-state index in [-0.39, 0.29) is 12.1 Å². The molecule has 0 aromatic heterocycles. The standard InChI is InChI=1S/C12H26N2O2/c1-6-14(9-7-8-13(4)5)10-12(15)16-11(2)3/h11H,6-10H2,1-5H3. The molecule has 0 spiro atoms. The number of likely N-dealkylation sites (N-methyl/N-ethyl adjacent to an activating group) is 1. The van der Waals surface area contributed by atoms with E-state index in [2.05, 4.69) is 30.8 Å². The summed E-state index contributed by atoms with van der Waals surface area (Å²) < 4.78 is 5.12. The van der Waals surface area contributed by atoms with Crippen LogP contribution in [0, 0.1) is 0 Å². The normalized spacial score (nSPS) is 11.5. The van der Waals surface area contributed by atoms with Crippen molar-refractivity contribution in [2.24, 2.45) is 0 Å². The van der Waals surface area contributed by atoms with Crippen molar-refractivity contribution in [3.8, 4) is 0 Å². The molecule has 0 atom stereocenters. The SMILES string of the molecule is CCN(CCCN(C)C)CC(=O)OC(C)C. The van der Waals surface area contributed by atoms with Crippen molar-refractivity contribution in [3.05, 3.63) is 0 Å². The largest absolute Gasteiger partial charge is 0.462 e. The molecule has 4 heteroatoms. The van der Waals surface area contributed by atoms with E-state index in [0.717, 1.165) is 26.1 Å². The number of nitrogens with zero attached hydrogens (tertiary/aromatic N) is 2. The van der Waals surface area contributed by atoms with Crippen molar-refractivity contribution in [3.63, 3.8) is 0 Å². The Kier molecular flexibility index (Phi) is 8.21. The zero-order chi connectivity index (χ0) is 12.6. The van der Waals surface area contributed by atoms with Crippen LogP contribution >= 0.6 is 0 Å². The van der Waals surface area contributed by atoms with Crippen LogP contribution in [0.1, 0.15) is 27.2 Å². The molecule has 0 rings (SSSR count). The molecule has 4 nitrogen and oxygen atoms in total. The number of hydrogen-bond acceptors (Lipinski definition) is 4. The van der Waals surface area contributed by atoms with Gasteiger partial charge < -0.3 is 9.64 Å². The van der Waals surface area contributed by atoms with E-state index in [1.165, 1.54) is 0 Å². The average Bonchev–Trinajstić information content (AvgIpc) is 2.14. The van der Waals surface area contributed by atoms with Crippen molar-refractivity contribution in [1.82, 2.24) is 9.80 Å². The molecule has 0 aromatic carbocycles. The van der Waals surface area contributed by atoms with Crippen molar-refractivity contribution >= 4 is 5.97 Å². The summed E-state index contributed by atoms with van der Waals surface area (Å²) in [7, 11) is 4.12. The highest BCUT2D eigenvalue weighted by Crippen LogP contribution is 1.96. The molecule has 0 amide bonds. The summed E-state index contributed by atoms with van der Waals surface area (Å²) in [4.78, 5) is 15.7. The van der Waals surface area contributed by atoms with Crippen LogP contribution in [0.15, 0.2) is 0 Å². The van der Waals surface area contributed by atoms with E-state index in [1.807, 2.05) is 13.8 Å². The lowest BCUT2D eigenvalue weighted by molar-refractivity contribution is -0.148. The summed E-state index contributed by atoms with van der Waals surface area (Å²) in [5.41, 5.74) is 0. The third-order valence-electron chi connectivity index (χ3n) is 2.25. The fourth-order valence-corrected chi connectivity index (χ4v) is 1.44. The van der Waals surface area contributed by atoms with Gasteiger partial charge in [0.15, 0.2) is 0 Å². The summed E-state index contributed by atoms with van der Waals surface area (Å²) in [5, 5.41) is 0. The molecule has 0 heterocycles. The summed E-state index contributed by atoms with van der Waals surface area (Å²) in [6.45, 7) is 9.11. The number of ether oxygens (including phenoxy) is 1. The minimum Gasteiger partial charge on any atom is -0.462 e. The molecule has 0 saturated carbocycles. The Morgan fingerprint density at radius 1 is 1.25 bits per heavy atom. The Hall–Kier alpha value is -0.610. The van der Waals surface area contributed by atoms with Gasteiger partial charge in [0, 0.05) is 0 Å². The second-order valence-corrected chi connectivity index (χ2v) is 4.56. The smallest absolute Gasteiger partial charge is 0.320 e. The van der Waals surface area contributed by atoms with E-state index < -0.39 is 0 Å². The maximum atomic E-state index is 11.4. The first-order valence-electron chi connectivity index (χ1n) is 6.02. The van der Waals surface area contributed by atoms with Gasteiger partial charge in [-0.2, -0.15) is 0 Å². The summed E-state index contributed by atoms with van der Waals surface area (Å²) in [6, 6.07) is 0. The Balaban J connectivity index is 3.77. The second-order valence-electron chi connectivity index (χ2n) is 4.56. The van der Waals surface area contributed by atoms with E-state index >= 15 is 0 Å². The van der Waals surface area contributed by atoms with Crippen LogP contribution in [0.25, 0.3) is 0 Å². The minimum atomic E-state index is -0.123. The molecular formula is C12H26N2O2. The maximum Gasteiger partial charge on any atom is 0.320 e. The zero-order valence-electron chi connectivity index (χ0n) is 11.3. The Morgan fingerprint density at radius 3 is 2.31 bits per heavy atom. The molecule has 0 aromatic rings. The quantitative estimate of drug-likeness (QED) is 0.587. The topological polar surface area (TPSA) is 32.8 Å². The second kappa shape index (κ2) is 8.53. The molecule has 0 bridgehead atoms. The highest BCUT2D eigenvalue weighted by atomic mass is 16.5. The van der Waals surface area contributed by atoms with Gasteiger partial charge in [0.2, 0.25) is 0 Å². The molecule has 0 unspecified atom stereocenters. The number of rotatable bonds is 8. The van der Waals surface area contributed by atoms with Crippen LogP contribution < -0.4 is 0 Å². The predicted octanol–water partition coefficient (Wildman–Crippen LogP) is 1.21. The molecule has 0 radical (unpaired) electrons. The van der Waals surface area contributed by atoms with Crippen LogP contribution in [-0.4, -0.2) is 62.1 Å². The number of carbonyl (C=O) groups excluding carboxylic acids is 1. The van der Waals surface area contributed by atoms with Crippen LogP contribution in [0.3, 0.4) is 0 Å². The van der Waals surface area contributed by atoms with Crippen molar-refractivity contribution in [2.75, 3.05) is 40.3 Å². The van der Waals surface area contributed by atoms with Crippen LogP contribution in [0.4, 0.5) is 0 Å². The van der Waals surface area contributed by atoms with Crippen LogP contribution in [-0.2, 0) is 9.53 Å². The molecule has 0 fully saturated rings. The molecule has 96 valence electrons. The van der Waals surface area contributed by atoms with Crippen LogP contribution in [0.5, 0.6) is 0 Å². The van der Waals surface area contributed by atoms with Gasteiger partial charge in [-0.15, -0.1) is 0 Å². The predicted molar refractivity (Wildman–Crippen MR) is 66.5 cm³/mol. The monoisotopic (exact) mass is 230 g/mol. The molecule has 0 aliphatic carbocycles. The number of hydrogen-bond donors (Lipinski definition) is 0. The highest BCUT2D eigenvalue weighted by Gasteiger charge is 2.11. The van der Waals surface area contributed by atoms with Crippen molar-refractivity contribution in [2.45, 2.75) is 33.3 Å². The third kappa shape index (κ3) is 8.68. The first-order chi connectivity index (χ1) is 7.45. The lowest BCUT2D eigenvalue weighted by atomic mass is 10.3. The van der Waals surface area contributed by atoms with Gasteiger partial charge >= 0.3 is 5.97 Å². The first kappa shape index (κ1) is 15.4. The maximum absolute atomic E-state index is 11.4. The summed E-state index contributed by atoms with van der Waals surface area (Å²) in [5.74, 6) is -0.123. The molecule has 0 aliphatic rings. The highest BCUT2D eigenvalue weighted by molar-refractivity contribution is 5.71. The van der Waals surface area contributed by atoms with Gasteiger partial charge in [-0.3, -0.25) is 9.69 Å². The van der Waals surface area contributed by atoms with Gasteiger partial charge in [-0.05, 0) is 54.0 Å². The van der Waals surface area contributed by atoms with Gasteiger partial charge in [-0.25, -0.2) is 0 Å². The van der Waals surface area contributed by atoms with E-state index in [1.54, 1.807) is 0 Å². The van der Waals surface area contributed by atoms with Gasteiger partial charge in [-0.1, -0.05) is 6.92 Å². The summed E-state index contributed by atoms with van der Waals surface area (Å²) >= 11 is 0. The molecule has 16 heavy (non-hydrogen) atoms. The fourth-order valence-electron chi connectivity index (χ4n) is 1.44. The lowest BCUT2D eigenvalue weighted by Crippen LogP contribution is -2.33. The summed E-state index contributed by atoms with van der Waals surface area (Å²) in [6.07, 6.45) is 1.06.